The Morgan fingerprint density at radius 3 is 3.00 bits per heavy atom. The lowest BCUT2D eigenvalue weighted by molar-refractivity contribution is -0.117. The van der Waals surface area contributed by atoms with Crippen molar-refractivity contribution in [2.45, 2.75) is 6.04 Å². The van der Waals surface area contributed by atoms with Crippen molar-refractivity contribution in [1.29, 1.82) is 0 Å². The molecule has 17 heavy (non-hydrogen) atoms. The molecule has 1 aliphatic rings. The first kappa shape index (κ1) is 12.9. The monoisotopic (exact) mass is 292 g/mol. The quantitative estimate of drug-likeness (QED) is 0.638. The van der Waals surface area contributed by atoms with Gasteiger partial charge in [0.05, 0.1) is 6.04 Å². The van der Waals surface area contributed by atoms with Crippen molar-refractivity contribution in [2.24, 2.45) is 0 Å². The normalized spacial score (nSPS) is 20.0. The Hall–Kier alpha value is -0.560. The van der Waals surface area contributed by atoms with Crippen molar-refractivity contribution in [2.75, 3.05) is 23.4 Å². The second-order valence-corrected chi connectivity index (χ2v) is 5.29. The molecule has 2 rings (SSSR count). The Morgan fingerprint density at radius 1 is 1.53 bits per heavy atom. The number of halogens is 2. The third-order valence-corrected chi connectivity index (χ3v) is 3.58. The van der Waals surface area contributed by atoms with Gasteiger partial charge < -0.3 is 10.6 Å². The fourth-order valence-corrected chi connectivity index (χ4v) is 2.74. The number of carbonyl (C=O) groups excluding carboxylic acids is 1. The van der Waals surface area contributed by atoms with Gasteiger partial charge >= 0.3 is 0 Å². The van der Waals surface area contributed by atoms with E-state index in [0.29, 0.717) is 5.82 Å². The highest BCUT2D eigenvalue weighted by Crippen LogP contribution is 2.15. The first-order chi connectivity index (χ1) is 8.15. The highest BCUT2D eigenvalue weighted by molar-refractivity contribution is 7.99. The minimum absolute atomic E-state index is 0.0128. The van der Waals surface area contributed by atoms with E-state index >= 15 is 0 Å². The number of nitrogens with one attached hydrogen (secondary N) is 2. The van der Waals surface area contributed by atoms with Crippen LogP contribution in [0.1, 0.15) is 0 Å². The van der Waals surface area contributed by atoms with Crippen LogP contribution < -0.4 is 10.6 Å². The van der Waals surface area contributed by atoms with Crippen molar-refractivity contribution < 1.29 is 4.79 Å². The smallest absolute Gasteiger partial charge is 0.243 e. The number of aromatic nitrogens is 2. The Balaban J connectivity index is 2.01. The molecule has 1 saturated heterocycles. The predicted octanol–water partition coefficient (Wildman–Crippen LogP) is 1.43. The summed E-state index contributed by atoms with van der Waals surface area (Å²) in [6, 6.07) is 1.25. The zero-order valence-corrected chi connectivity index (χ0v) is 11.1. The minimum Gasteiger partial charge on any atom is -0.309 e. The predicted molar refractivity (Wildman–Crippen MR) is 69.8 cm³/mol. The van der Waals surface area contributed by atoms with E-state index in [-0.39, 0.29) is 22.4 Å². The fraction of sp³-hybridized carbons (Fsp3) is 0.444. The molecule has 8 heteroatoms. The van der Waals surface area contributed by atoms with Gasteiger partial charge in [-0.05, 0) is 11.6 Å². The maximum absolute atomic E-state index is 11.9. The summed E-state index contributed by atoms with van der Waals surface area (Å²) in [5.41, 5.74) is 0. The number of hydrogen-bond acceptors (Lipinski definition) is 5. The summed E-state index contributed by atoms with van der Waals surface area (Å²) in [5.74, 6) is 1.95. The van der Waals surface area contributed by atoms with E-state index in [1.807, 2.05) is 0 Å². The Bertz CT molecular complexity index is 405. The van der Waals surface area contributed by atoms with E-state index < -0.39 is 0 Å². The number of rotatable bonds is 2. The maximum Gasteiger partial charge on any atom is 0.243 e. The number of anilines is 1. The molecule has 2 N–H and O–H groups in total. The molecule has 0 spiro atoms. The number of hydrogen-bond donors (Lipinski definition) is 2. The average Bonchev–Trinajstić information content (AvgIpc) is 2.28. The molecule has 1 fully saturated rings. The SMILES string of the molecule is O=C(Nc1cc(Cl)nc(Cl)n1)C1CSCCN1. The molecule has 2 heterocycles. The molecule has 1 aliphatic heterocycles. The second-order valence-electron chi connectivity index (χ2n) is 3.42. The van der Waals surface area contributed by atoms with E-state index in [1.54, 1.807) is 11.8 Å². The topological polar surface area (TPSA) is 66.9 Å². The molecule has 1 atom stereocenters. The van der Waals surface area contributed by atoms with Crippen LogP contribution in [0.25, 0.3) is 0 Å². The summed E-state index contributed by atoms with van der Waals surface area (Å²) in [6.07, 6.45) is 0. The van der Waals surface area contributed by atoms with E-state index in [2.05, 4.69) is 20.6 Å². The zero-order chi connectivity index (χ0) is 12.3. The lowest BCUT2D eigenvalue weighted by Crippen LogP contribution is -2.46. The summed E-state index contributed by atoms with van der Waals surface area (Å²) < 4.78 is 0. The maximum atomic E-state index is 11.9. The van der Waals surface area contributed by atoms with E-state index in [9.17, 15) is 4.79 Å². The van der Waals surface area contributed by atoms with Crippen molar-refractivity contribution in [1.82, 2.24) is 15.3 Å². The number of carbonyl (C=O) groups is 1. The molecule has 0 radical (unpaired) electrons. The van der Waals surface area contributed by atoms with Crippen molar-refractivity contribution in [3.63, 3.8) is 0 Å². The summed E-state index contributed by atoms with van der Waals surface area (Å²) in [4.78, 5) is 19.4. The molecule has 0 aliphatic carbocycles. The van der Waals surface area contributed by atoms with Crippen LogP contribution in [0.5, 0.6) is 0 Å². The summed E-state index contributed by atoms with van der Waals surface area (Å²) in [7, 11) is 0. The van der Waals surface area contributed by atoms with Crippen LogP contribution in [-0.2, 0) is 4.79 Å². The highest BCUT2D eigenvalue weighted by atomic mass is 35.5. The van der Waals surface area contributed by atoms with Crippen LogP contribution in [0.4, 0.5) is 5.82 Å². The molecule has 1 amide bonds. The minimum atomic E-state index is -0.207. The first-order valence-corrected chi connectivity index (χ1v) is 6.88. The first-order valence-electron chi connectivity index (χ1n) is 4.97. The summed E-state index contributed by atoms with van der Waals surface area (Å²) >= 11 is 13.1. The van der Waals surface area contributed by atoms with Gasteiger partial charge in [0.2, 0.25) is 11.2 Å². The van der Waals surface area contributed by atoms with Crippen molar-refractivity contribution >= 4 is 46.7 Å². The molecular weight excluding hydrogens is 283 g/mol. The Labute approximate surface area is 113 Å². The largest absolute Gasteiger partial charge is 0.309 e. The molecular formula is C9H10Cl2N4OS. The van der Waals surface area contributed by atoms with Gasteiger partial charge in [0, 0.05) is 24.1 Å². The number of thioether (sulfide) groups is 1. The van der Waals surface area contributed by atoms with Crippen LogP contribution in [0.2, 0.25) is 10.4 Å². The van der Waals surface area contributed by atoms with E-state index in [1.165, 1.54) is 6.07 Å². The molecule has 1 aromatic rings. The molecule has 0 aromatic carbocycles. The zero-order valence-electron chi connectivity index (χ0n) is 8.74. The van der Waals surface area contributed by atoms with Gasteiger partial charge in [-0.25, -0.2) is 9.97 Å². The molecule has 1 aromatic heterocycles. The molecule has 5 nitrogen and oxygen atoms in total. The van der Waals surface area contributed by atoms with Gasteiger partial charge in [-0.15, -0.1) is 0 Å². The van der Waals surface area contributed by atoms with Crippen LogP contribution in [0.3, 0.4) is 0 Å². The Morgan fingerprint density at radius 2 is 2.35 bits per heavy atom. The van der Waals surface area contributed by atoms with Gasteiger partial charge in [0.25, 0.3) is 0 Å². The van der Waals surface area contributed by atoms with Gasteiger partial charge in [-0.1, -0.05) is 11.6 Å². The van der Waals surface area contributed by atoms with E-state index in [4.69, 9.17) is 23.2 Å². The molecule has 0 saturated carbocycles. The molecule has 1 unspecified atom stereocenters. The summed E-state index contributed by atoms with van der Waals surface area (Å²) in [5, 5.41) is 6.00. The van der Waals surface area contributed by atoms with Crippen molar-refractivity contribution in [3.05, 3.63) is 16.5 Å². The third kappa shape index (κ3) is 3.70. The van der Waals surface area contributed by atoms with Crippen LogP contribution in [0, 0.1) is 0 Å². The van der Waals surface area contributed by atoms with Gasteiger partial charge in [0.15, 0.2) is 0 Å². The third-order valence-electron chi connectivity index (χ3n) is 2.16. The lowest BCUT2D eigenvalue weighted by atomic mass is 10.3. The van der Waals surface area contributed by atoms with Crippen molar-refractivity contribution in [3.8, 4) is 0 Å². The van der Waals surface area contributed by atoms with Gasteiger partial charge in [0.1, 0.15) is 11.0 Å². The number of nitrogens with zero attached hydrogens (tertiary/aromatic N) is 2. The summed E-state index contributed by atoms with van der Waals surface area (Å²) in [6.45, 7) is 0.827. The van der Waals surface area contributed by atoms with Crippen LogP contribution in [-0.4, -0.2) is 40.0 Å². The lowest BCUT2D eigenvalue weighted by Gasteiger charge is -2.21. The Kier molecular flexibility index (Phi) is 4.44. The van der Waals surface area contributed by atoms with Gasteiger partial charge in [-0.2, -0.15) is 11.8 Å². The standard InChI is InChI=1S/C9H10Cl2N4OS/c10-6-3-7(15-9(11)13-6)14-8(16)5-4-17-2-1-12-5/h3,5,12H,1-2,4H2,(H,13,14,15,16). The highest BCUT2D eigenvalue weighted by Gasteiger charge is 2.21. The average molecular weight is 293 g/mol. The number of amides is 1. The van der Waals surface area contributed by atoms with Gasteiger partial charge in [-0.3, -0.25) is 4.79 Å². The second kappa shape index (κ2) is 5.86. The van der Waals surface area contributed by atoms with Crippen LogP contribution >= 0.6 is 35.0 Å². The fourth-order valence-electron chi connectivity index (χ4n) is 1.40. The molecule has 92 valence electrons. The van der Waals surface area contributed by atoms with E-state index in [0.717, 1.165) is 18.1 Å². The molecule has 0 bridgehead atoms. The van der Waals surface area contributed by atoms with Crippen LogP contribution in [0.15, 0.2) is 6.07 Å².